The zero-order valence-electron chi connectivity index (χ0n) is 17.1. The Morgan fingerprint density at radius 1 is 1.03 bits per heavy atom. The van der Waals surface area contributed by atoms with Crippen molar-refractivity contribution in [1.82, 2.24) is 5.43 Å². The van der Waals surface area contributed by atoms with Crippen LogP contribution in [0.1, 0.15) is 12.5 Å². The summed E-state index contributed by atoms with van der Waals surface area (Å²) >= 11 is 0. The van der Waals surface area contributed by atoms with Gasteiger partial charge in [-0.1, -0.05) is 60.7 Å². The van der Waals surface area contributed by atoms with E-state index in [2.05, 4.69) is 10.5 Å². The van der Waals surface area contributed by atoms with Gasteiger partial charge in [-0.3, -0.25) is 4.79 Å². The molecule has 0 radical (unpaired) electrons. The van der Waals surface area contributed by atoms with Gasteiger partial charge in [-0.2, -0.15) is 5.10 Å². The molecule has 3 aromatic rings. The Bertz CT molecular complexity index is 1120. The smallest absolute Gasteiger partial charge is 0.277 e. The van der Waals surface area contributed by atoms with Gasteiger partial charge in [-0.15, -0.1) is 0 Å². The van der Waals surface area contributed by atoms with Crippen molar-refractivity contribution in [2.24, 2.45) is 5.10 Å². The fraction of sp³-hybridized carbons (Fsp3) is 0.120. The molecule has 156 valence electrons. The van der Waals surface area contributed by atoms with Crippen LogP contribution in [0.3, 0.4) is 0 Å². The molecule has 1 aliphatic heterocycles. The molecule has 31 heavy (non-hydrogen) atoms. The largest absolute Gasteiger partial charge is 0.483 e. The molecule has 4 rings (SSSR count). The standard InChI is InChI=1S/C25H22N2O4/c1-18(11-12-19-13-14-23-24(15-19)31-17-30-23)26-27-25(28)16-29-22-10-6-5-9-21(22)20-7-3-2-4-8-20/h2-15H,16-17H2,1H3,(H,27,28)/b12-11+,26-18-. The average Bonchev–Trinajstić information content (AvgIpc) is 3.29. The Balaban J connectivity index is 1.32. The summed E-state index contributed by atoms with van der Waals surface area (Å²) in [4.78, 5) is 12.2. The average molecular weight is 414 g/mol. The van der Waals surface area contributed by atoms with E-state index < -0.39 is 0 Å². The van der Waals surface area contributed by atoms with Gasteiger partial charge in [-0.25, -0.2) is 5.43 Å². The van der Waals surface area contributed by atoms with Crippen LogP contribution in [0.4, 0.5) is 0 Å². The molecule has 0 spiro atoms. The summed E-state index contributed by atoms with van der Waals surface area (Å²) in [5, 5.41) is 4.10. The number of carbonyl (C=O) groups is 1. The second-order valence-corrected chi connectivity index (χ2v) is 6.89. The number of hydrogen-bond acceptors (Lipinski definition) is 5. The number of allylic oxidation sites excluding steroid dienone is 1. The monoisotopic (exact) mass is 414 g/mol. The molecular formula is C25H22N2O4. The van der Waals surface area contributed by atoms with Crippen molar-refractivity contribution in [3.05, 3.63) is 84.4 Å². The lowest BCUT2D eigenvalue weighted by atomic mass is 10.1. The SMILES string of the molecule is CC(/C=C/c1ccc2c(c1)OCO2)=N/NC(=O)COc1ccccc1-c1ccccc1. The van der Waals surface area contributed by atoms with E-state index >= 15 is 0 Å². The molecule has 0 saturated carbocycles. The molecule has 0 unspecified atom stereocenters. The highest BCUT2D eigenvalue weighted by molar-refractivity contribution is 5.97. The predicted octanol–water partition coefficient (Wildman–Crippen LogP) is 4.67. The third-order valence-electron chi connectivity index (χ3n) is 4.60. The van der Waals surface area contributed by atoms with E-state index in [0.29, 0.717) is 11.5 Å². The number of hydrazone groups is 1. The Labute approximate surface area is 180 Å². The topological polar surface area (TPSA) is 69.2 Å². The fourth-order valence-corrected chi connectivity index (χ4v) is 3.05. The van der Waals surface area contributed by atoms with Gasteiger partial charge in [0.2, 0.25) is 6.79 Å². The van der Waals surface area contributed by atoms with Crippen LogP contribution in [-0.2, 0) is 4.79 Å². The number of amides is 1. The van der Waals surface area contributed by atoms with E-state index in [1.54, 1.807) is 6.92 Å². The number of nitrogens with one attached hydrogen (secondary N) is 1. The molecule has 1 heterocycles. The molecule has 1 amide bonds. The molecule has 1 N–H and O–H groups in total. The van der Waals surface area contributed by atoms with Gasteiger partial charge in [-0.05, 0) is 42.3 Å². The van der Waals surface area contributed by atoms with Gasteiger partial charge in [0.15, 0.2) is 18.1 Å². The molecule has 6 heteroatoms. The van der Waals surface area contributed by atoms with Gasteiger partial charge in [0, 0.05) is 5.56 Å². The minimum absolute atomic E-state index is 0.132. The molecule has 0 aromatic heterocycles. The highest BCUT2D eigenvalue weighted by Crippen LogP contribution is 2.33. The van der Waals surface area contributed by atoms with Crippen LogP contribution in [0.15, 0.2) is 84.0 Å². The zero-order chi connectivity index (χ0) is 21.5. The number of rotatable bonds is 7. The van der Waals surface area contributed by atoms with Gasteiger partial charge >= 0.3 is 0 Å². The first-order valence-corrected chi connectivity index (χ1v) is 9.87. The molecule has 0 atom stereocenters. The summed E-state index contributed by atoms with van der Waals surface area (Å²) in [6.45, 7) is 1.91. The second kappa shape index (κ2) is 9.63. The van der Waals surface area contributed by atoms with Crippen LogP contribution < -0.4 is 19.6 Å². The predicted molar refractivity (Wildman–Crippen MR) is 120 cm³/mol. The Hall–Kier alpha value is -4.06. The van der Waals surface area contributed by atoms with E-state index in [4.69, 9.17) is 14.2 Å². The van der Waals surface area contributed by atoms with E-state index in [-0.39, 0.29) is 19.3 Å². The van der Waals surface area contributed by atoms with Crippen molar-refractivity contribution in [3.8, 4) is 28.4 Å². The molecule has 6 nitrogen and oxygen atoms in total. The van der Waals surface area contributed by atoms with Crippen molar-refractivity contribution >= 4 is 17.7 Å². The molecule has 0 bridgehead atoms. The Morgan fingerprint density at radius 3 is 2.68 bits per heavy atom. The Morgan fingerprint density at radius 2 is 1.81 bits per heavy atom. The van der Waals surface area contributed by atoms with E-state index in [9.17, 15) is 4.79 Å². The lowest BCUT2D eigenvalue weighted by molar-refractivity contribution is -0.123. The normalized spacial score (nSPS) is 12.7. The quantitative estimate of drug-likeness (QED) is 0.451. The van der Waals surface area contributed by atoms with Crippen LogP contribution >= 0.6 is 0 Å². The summed E-state index contributed by atoms with van der Waals surface area (Å²) in [6.07, 6.45) is 3.70. The molecule has 0 saturated heterocycles. The van der Waals surface area contributed by atoms with Crippen molar-refractivity contribution in [1.29, 1.82) is 0 Å². The first kappa shape index (κ1) is 20.2. The summed E-state index contributed by atoms with van der Waals surface area (Å²) < 4.78 is 16.4. The first-order valence-electron chi connectivity index (χ1n) is 9.87. The highest BCUT2D eigenvalue weighted by atomic mass is 16.7. The van der Waals surface area contributed by atoms with Gasteiger partial charge < -0.3 is 14.2 Å². The van der Waals surface area contributed by atoms with Crippen molar-refractivity contribution < 1.29 is 19.0 Å². The van der Waals surface area contributed by atoms with E-state index in [1.165, 1.54) is 0 Å². The van der Waals surface area contributed by atoms with E-state index in [1.807, 2.05) is 84.9 Å². The number of nitrogens with zero attached hydrogens (tertiary/aromatic N) is 1. The number of fused-ring (bicyclic) bond motifs is 1. The third kappa shape index (κ3) is 5.30. The summed E-state index contributed by atoms with van der Waals surface area (Å²) in [7, 11) is 0. The maximum absolute atomic E-state index is 12.2. The number of ether oxygens (including phenoxy) is 3. The lowest BCUT2D eigenvalue weighted by Crippen LogP contribution is -2.25. The summed E-state index contributed by atoms with van der Waals surface area (Å²) in [5.41, 5.74) is 6.08. The third-order valence-corrected chi connectivity index (χ3v) is 4.60. The molecule has 0 aliphatic carbocycles. The molecule has 1 aliphatic rings. The van der Waals surface area contributed by atoms with Gasteiger partial charge in [0.05, 0.1) is 5.71 Å². The van der Waals surface area contributed by atoms with E-state index in [0.717, 1.165) is 28.2 Å². The summed E-state index contributed by atoms with van der Waals surface area (Å²) in [5.74, 6) is 1.77. The van der Waals surface area contributed by atoms with Gasteiger partial charge in [0.25, 0.3) is 5.91 Å². The number of hydrogen-bond donors (Lipinski definition) is 1. The molecular weight excluding hydrogens is 392 g/mol. The molecule has 3 aromatic carbocycles. The highest BCUT2D eigenvalue weighted by Gasteiger charge is 2.12. The van der Waals surface area contributed by atoms with Crippen LogP contribution in [-0.4, -0.2) is 25.0 Å². The maximum Gasteiger partial charge on any atom is 0.277 e. The fourth-order valence-electron chi connectivity index (χ4n) is 3.05. The second-order valence-electron chi connectivity index (χ2n) is 6.89. The van der Waals surface area contributed by atoms with Gasteiger partial charge in [0.1, 0.15) is 5.75 Å². The maximum atomic E-state index is 12.2. The number of carbonyl (C=O) groups excluding carboxylic acids is 1. The van der Waals surface area contributed by atoms with Crippen LogP contribution in [0, 0.1) is 0 Å². The lowest BCUT2D eigenvalue weighted by Gasteiger charge is -2.11. The zero-order valence-corrected chi connectivity index (χ0v) is 17.1. The van der Waals surface area contributed by atoms with Crippen molar-refractivity contribution in [3.63, 3.8) is 0 Å². The number of para-hydroxylation sites is 1. The van der Waals surface area contributed by atoms with Crippen LogP contribution in [0.2, 0.25) is 0 Å². The summed E-state index contributed by atoms with van der Waals surface area (Å²) in [6, 6.07) is 23.2. The first-order chi connectivity index (χ1) is 15.2. The number of benzene rings is 3. The Kier molecular flexibility index (Phi) is 6.28. The minimum Gasteiger partial charge on any atom is -0.483 e. The van der Waals surface area contributed by atoms with Crippen LogP contribution in [0.5, 0.6) is 17.2 Å². The van der Waals surface area contributed by atoms with Crippen molar-refractivity contribution in [2.45, 2.75) is 6.92 Å². The van der Waals surface area contributed by atoms with Crippen LogP contribution in [0.25, 0.3) is 17.2 Å². The minimum atomic E-state index is -0.335. The molecule has 0 fully saturated rings. The van der Waals surface area contributed by atoms with Crippen molar-refractivity contribution in [2.75, 3.05) is 13.4 Å².